The number of amidine groups is 1. The van der Waals surface area contributed by atoms with E-state index in [0.29, 0.717) is 18.0 Å². The first-order chi connectivity index (χ1) is 13.7. The molecule has 0 radical (unpaired) electrons. The topological polar surface area (TPSA) is 63.2 Å². The quantitative estimate of drug-likeness (QED) is 0.783. The van der Waals surface area contributed by atoms with Crippen LogP contribution >= 0.6 is 0 Å². The maximum absolute atomic E-state index is 13.3. The Morgan fingerprint density at radius 2 is 1.89 bits per heavy atom. The highest BCUT2D eigenvalue weighted by Crippen LogP contribution is 2.27. The van der Waals surface area contributed by atoms with E-state index in [0.717, 1.165) is 49.5 Å². The zero-order valence-corrected chi connectivity index (χ0v) is 16.5. The third-order valence-electron chi connectivity index (χ3n) is 4.57. The van der Waals surface area contributed by atoms with Gasteiger partial charge in [-0.15, -0.1) is 0 Å². The molecular weight excluding hydrogens is 354 g/mol. The summed E-state index contributed by atoms with van der Waals surface area (Å²) in [4.78, 5) is 19.6. The summed E-state index contributed by atoms with van der Waals surface area (Å²) in [5, 5.41) is 2.97. The summed E-state index contributed by atoms with van der Waals surface area (Å²) in [6, 6.07) is 14.6. The molecule has 1 aliphatic heterocycles. The van der Waals surface area contributed by atoms with E-state index in [4.69, 9.17) is 9.47 Å². The predicted molar refractivity (Wildman–Crippen MR) is 113 cm³/mol. The molecule has 0 saturated heterocycles. The fraction of sp³-hybridized carbons (Fsp3) is 0.364. The number of hydrogen-bond donors (Lipinski definition) is 1. The highest BCUT2D eigenvalue weighted by Gasteiger charge is 2.23. The van der Waals surface area contributed by atoms with Crippen molar-refractivity contribution in [3.05, 3.63) is 48.5 Å². The number of nitrogens with one attached hydrogen (secondary N) is 1. The fourth-order valence-corrected chi connectivity index (χ4v) is 3.20. The summed E-state index contributed by atoms with van der Waals surface area (Å²) < 4.78 is 10.9. The van der Waals surface area contributed by atoms with E-state index >= 15 is 0 Å². The molecule has 28 heavy (non-hydrogen) atoms. The molecule has 1 aliphatic rings. The molecule has 0 atom stereocenters. The van der Waals surface area contributed by atoms with Gasteiger partial charge in [0.05, 0.1) is 25.1 Å². The lowest BCUT2D eigenvalue weighted by molar-refractivity contribution is 0.259. The van der Waals surface area contributed by atoms with Gasteiger partial charge >= 0.3 is 6.03 Å². The lowest BCUT2D eigenvalue weighted by atomic mass is 10.2. The maximum atomic E-state index is 13.3. The Morgan fingerprint density at radius 3 is 2.64 bits per heavy atom. The summed E-state index contributed by atoms with van der Waals surface area (Å²) in [7, 11) is 1.59. The molecule has 0 fully saturated rings. The Bertz CT molecular complexity index is 818. The average molecular weight is 381 g/mol. The fourth-order valence-electron chi connectivity index (χ4n) is 3.20. The molecule has 0 saturated carbocycles. The number of nitrogens with zero attached hydrogens (tertiary/aromatic N) is 2. The highest BCUT2D eigenvalue weighted by molar-refractivity contribution is 6.20. The van der Waals surface area contributed by atoms with Crippen LogP contribution in [0.15, 0.2) is 53.5 Å². The van der Waals surface area contributed by atoms with E-state index in [9.17, 15) is 4.79 Å². The first kappa shape index (κ1) is 19.7. The van der Waals surface area contributed by atoms with Gasteiger partial charge in [0.25, 0.3) is 0 Å². The molecule has 2 amide bonds. The van der Waals surface area contributed by atoms with E-state index < -0.39 is 0 Å². The summed E-state index contributed by atoms with van der Waals surface area (Å²) in [5.74, 6) is 2.18. The molecule has 0 bridgehead atoms. The summed E-state index contributed by atoms with van der Waals surface area (Å²) in [6.07, 6.45) is 3.97. The molecule has 0 aromatic heterocycles. The van der Waals surface area contributed by atoms with Gasteiger partial charge in [0.15, 0.2) is 0 Å². The monoisotopic (exact) mass is 381 g/mol. The number of ether oxygens (including phenoxy) is 2. The van der Waals surface area contributed by atoms with E-state index in [1.165, 1.54) is 0 Å². The van der Waals surface area contributed by atoms with E-state index in [1.807, 2.05) is 55.5 Å². The first-order valence-corrected chi connectivity index (χ1v) is 9.73. The molecular formula is C22H27N3O3. The van der Waals surface area contributed by atoms with Crippen molar-refractivity contribution in [3.8, 4) is 11.5 Å². The van der Waals surface area contributed by atoms with Crippen LogP contribution in [-0.2, 0) is 0 Å². The molecule has 3 rings (SSSR count). The molecule has 148 valence electrons. The number of para-hydroxylation sites is 2. The van der Waals surface area contributed by atoms with Crippen LogP contribution in [0, 0.1) is 0 Å². The van der Waals surface area contributed by atoms with E-state index in [2.05, 4.69) is 10.3 Å². The molecule has 2 aromatic carbocycles. The van der Waals surface area contributed by atoms with E-state index in [-0.39, 0.29) is 6.03 Å². The predicted octanol–water partition coefficient (Wildman–Crippen LogP) is 5.10. The number of urea groups is 1. The maximum Gasteiger partial charge on any atom is 0.331 e. The third kappa shape index (κ3) is 4.82. The number of hydrogen-bond acceptors (Lipinski definition) is 4. The zero-order valence-electron chi connectivity index (χ0n) is 16.5. The summed E-state index contributed by atoms with van der Waals surface area (Å²) in [5.41, 5.74) is 1.39. The standard InChI is InChI=1S/C22H27N3O3/c1-3-28-18-14-12-17(13-15-18)25(21-11-5-4-8-16-23-21)22(26)24-19-9-6-7-10-20(19)27-2/h6-7,9-10,12-15H,3-5,8,11,16H2,1-2H3,(H,24,26). The Balaban J connectivity index is 1.91. The number of aliphatic imine (C=N–C) groups is 1. The summed E-state index contributed by atoms with van der Waals surface area (Å²) >= 11 is 0. The molecule has 1 heterocycles. The van der Waals surface area contributed by atoms with Gasteiger partial charge in [-0.2, -0.15) is 0 Å². The largest absolute Gasteiger partial charge is 0.495 e. The Morgan fingerprint density at radius 1 is 1.11 bits per heavy atom. The van der Waals surface area contributed by atoms with Gasteiger partial charge in [0.2, 0.25) is 0 Å². The number of methoxy groups -OCH3 is 1. The minimum absolute atomic E-state index is 0.255. The molecule has 2 aromatic rings. The van der Waals surface area contributed by atoms with E-state index in [1.54, 1.807) is 12.0 Å². The van der Waals surface area contributed by atoms with Crippen LogP contribution in [0.3, 0.4) is 0 Å². The van der Waals surface area contributed by atoms with Crippen LogP contribution in [0.4, 0.5) is 16.2 Å². The average Bonchev–Trinajstić information content (AvgIpc) is 2.99. The second kappa shape index (κ2) is 9.78. The van der Waals surface area contributed by atoms with Gasteiger partial charge in [-0.05, 0) is 56.2 Å². The smallest absolute Gasteiger partial charge is 0.331 e. The van der Waals surface area contributed by atoms with Gasteiger partial charge in [0.1, 0.15) is 17.3 Å². The van der Waals surface area contributed by atoms with Crippen molar-refractivity contribution in [2.24, 2.45) is 4.99 Å². The van der Waals surface area contributed by atoms with Crippen molar-refractivity contribution in [2.45, 2.75) is 32.6 Å². The third-order valence-corrected chi connectivity index (χ3v) is 4.57. The molecule has 0 spiro atoms. The molecule has 0 unspecified atom stereocenters. The van der Waals surface area contributed by atoms with Crippen LogP contribution in [0.2, 0.25) is 0 Å². The van der Waals surface area contributed by atoms with Crippen LogP contribution < -0.4 is 19.7 Å². The Hall–Kier alpha value is -3.02. The number of amides is 2. The lowest BCUT2D eigenvalue weighted by Crippen LogP contribution is -2.40. The first-order valence-electron chi connectivity index (χ1n) is 9.73. The van der Waals surface area contributed by atoms with Crippen LogP contribution in [0.5, 0.6) is 11.5 Å². The Kier molecular flexibility index (Phi) is 6.89. The van der Waals surface area contributed by atoms with Gasteiger partial charge in [0, 0.05) is 13.0 Å². The van der Waals surface area contributed by atoms with Crippen molar-refractivity contribution >= 4 is 23.2 Å². The Labute approximate surface area is 166 Å². The number of rotatable bonds is 5. The zero-order chi connectivity index (χ0) is 19.8. The van der Waals surface area contributed by atoms with Gasteiger partial charge in [-0.3, -0.25) is 9.89 Å². The molecule has 6 heteroatoms. The number of carbonyl (C=O) groups excluding carboxylic acids is 1. The second-order valence-electron chi connectivity index (χ2n) is 6.50. The van der Waals surface area contributed by atoms with Crippen LogP contribution in [0.1, 0.15) is 32.6 Å². The number of anilines is 2. The van der Waals surface area contributed by atoms with Crippen molar-refractivity contribution in [1.82, 2.24) is 0 Å². The summed E-state index contributed by atoms with van der Waals surface area (Å²) in [6.45, 7) is 3.29. The van der Waals surface area contributed by atoms with Gasteiger partial charge < -0.3 is 14.8 Å². The molecule has 6 nitrogen and oxygen atoms in total. The molecule has 0 aliphatic carbocycles. The minimum atomic E-state index is -0.255. The number of benzene rings is 2. The second-order valence-corrected chi connectivity index (χ2v) is 6.50. The van der Waals surface area contributed by atoms with Crippen molar-refractivity contribution in [3.63, 3.8) is 0 Å². The number of carbonyl (C=O) groups is 1. The minimum Gasteiger partial charge on any atom is -0.495 e. The van der Waals surface area contributed by atoms with Gasteiger partial charge in [-0.1, -0.05) is 18.6 Å². The van der Waals surface area contributed by atoms with Crippen molar-refractivity contribution < 1.29 is 14.3 Å². The van der Waals surface area contributed by atoms with Crippen LogP contribution in [0.25, 0.3) is 0 Å². The highest BCUT2D eigenvalue weighted by atomic mass is 16.5. The lowest BCUT2D eigenvalue weighted by Gasteiger charge is -2.25. The SMILES string of the molecule is CCOc1ccc(N(C(=O)Nc2ccccc2OC)C2=NCCCCC2)cc1. The normalized spacial score (nSPS) is 13.9. The van der Waals surface area contributed by atoms with Crippen LogP contribution in [-0.4, -0.2) is 32.1 Å². The molecule has 1 N–H and O–H groups in total. The van der Waals surface area contributed by atoms with Crippen molar-refractivity contribution in [1.29, 1.82) is 0 Å². The van der Waals surface area contributed by atoms with Gasteiger partial charge in [-0.25, -0.2) is 4.79 Å². The van der Waals surface area contributed by atoms with Crippen molar-refractivity contribution in [2.75, 3.05) is 30.5 Å².